The van der Waals surface area contributed by atoms with Crippen molar-refractivity contribution in [1.82, 2.24) is 5.32 Å². The van der Waals surface area contributed by atoms with Crippen LogP contribution in [0.4, 0.5) is 5.00 Å². The second-order valence-corrected chi connectivity index (χ2v) is 9.11. The van der Waals surface area contributed by atoms with Gasteiger partial charge in [-0.25, -0.2) is 9.59 Å². The van der Waals surface area contributed by atoms with Crippen LogP contribution in [0.5, 0.6) is 0 Å². The molecule has 0 spiro atoms. The van der Waals surface area contributed by atoms with E-state index in [9.17, 15) is 19.2 Å². The second-order valence-electron chi connectivity index (χ2n) is 6.95. The summed E-state index contributed by atoms with van der Waals surface area (Å²) in [4.78, 5) is 51.2. The summed E-state index contributed by atoms with van der Waals surface area (Å²) < 4.78 is 10.2. The minimum atomic E-state index is -0.636. The average Bonchev–Trinajstić information content (AvgIpc) is 3.32. The van der Waals surface area contributed by atoms with Gasteiger partial charge in [-0.15, -0.1) is 22.7 Å². The van der Waals surface area contributed by atoms with Gasteiger partial charge < -0.3 is 20.1 Å². The molecule has 0 aromatic carbocycles. The van der Waals surface area contributed by atoms with Gasteiger partial charge in [-0.2, -0.15) is 0 Å². The third-order valence-corrected chi connectivity index (χ3v) is 7.27. The van der Waals surface area contributed by atoms with Crippen molar-refractivity contribution in [2.45, 2.75) is 39.5 Å². The molecule has 3 rings (SSSR count). The highest BCUT2D eigenvalue weighted by atomic mass is 32.1. The molecule has 2 aromatic heterocycles. The van der Waals surface area contributed by atoms with Gasteiger partial charge in [-0.05, 0) is 56.7 Å². The van der Waals surface area contributed by atoms with Crippen molar-refractivity contribution in [2.75, 3.05) is 25.6 Å². The Morgan fingerprint density at radius 3 is 2.48 bits per heavy atom. The highest BCUT2D eigenvalue weighted by Crippen LogP contribution is 2.34. The smallest absolute Gasteiger partial charge is 0.348 e. The number of rotatable bonds is 7. The number of carbonyl (C=O) groups is 4. The van der Waals surface area contributed by atoms with E-state index in [2.05, 4.69) is 10.6 Å². The van der Waals surface area contributed by atoms with Crippen molar-refractivity contribution in [3.63, 3.8) is 0 Å². The van der Waals surface area contributed by atoms with Crippen LogP contribution in [0.2, 0.25) is 0 Å². The summed E-state index contributed by atoms with van der Waals surface area (Å²) in [5, 5.41) is 5.26. The Kier molecular flexibility index (Phi) is 7.45. The van der Waals surface area contributed by atoms with Crippen molar-refractivity contribution in [2.24, 2.45) is 0 Å². The molecule has 2 aromatic rings. The van der Waals surface area contributed by atoms with Crippen LogP contribution in [0.15, 0.2) is 6.07 Å². The first-order valence-corrected chi connectivity index (χ1v) is 11.6. The van der Waals surface area contributed by atoms with E-state index in [1.54, 1.807) is 13.8 Å². The van der Waals surface area contributed by atoms with Crippen LogP contribution in [0.3, 0.4) is 0 Å². The zero-order valence-corrected chi connectivity index (χ0v) is 19.2. The van der Waals surface area contributed by atoms with Crippen LogP contribution in [0.25, 0.3) is 0 Å². The van der Waals surface area contributed by atoms with Crippen LogP contribution < -0.4 is 10.6 Å². The van der Waals surface area contributed by atoms with Gasteiger partial charge in [0.2, 0.25) is 0 Å². The Labute approximate surface area is 187 Å². The maximum atomic E-state index is 12.4. The fourth-order valence-corrected chi connectivity index (χ4v) is 5.64. The molecule has 0 bridgehead atoms. The summed E-state index contributed by atoms with van der Waals surface area (Å²) in [5.74, 6) is -2.16. The van der Waals surface area contributed by atoms with Gasteiger partial charge in [0.1, 0.15) is 9.88 Å². The highest BCUT2D eigenvalue weighted by Gasteiger charge is 2.26. The summed E-state index contributed by atoms with van der Waals surface area (Å²) in [5.41, 5.74) is 1.72. The Balaban J connectivity index is 1.69. The van der Waals surface area contributed by atoms with Crippen LogP contribution >= 0.6 is 22.7 Å². The molecule has 166 valence electrons. The number of nitrogens with one attached hydrogen (secondary N) is 2. The third-order valence-electron chi connectivity index (χ3n) is 4.84. The molecule has 1 aliphatic rings. The quantitative estimate of drug-likeness (QED) is 0.608. The maximum absolute atomic E-state index is 12.4. The van der Waals surface area contributed by atoms with Gasteiger partial charge in [0, 0.05) is 11.9 Å². The molecule has 0 atom stereocenters. The van der Waals surface area contributed by atoms with E-state index in [1.807, 2.05) is 6.07 Å². The number of thiophene rings is 2. The monoisotopic (exact) mass is 464 g/mol. The van der Waals surface area contributed by atoms with E-state index in [0.29, 0.717) is 15.3 Å². The zero-order valence-electron chi connectivity index (χ0n) is 17.6. The Hall–Kier alpha value is -2.72. The number of anilines is 1. The van der Waals surface area contributed by atoms with Crippen LogP contribution in [0, 0.1) is 6.92 Å². The second kappa shape index (κ2) is 10.1. The normalized spacial score (nSPS) is 12.6. The lowest BCUT2D eigenvalue weighted by atomic mass is 9.99. The number of hydrogen-bond acceptors (Lipinski definition) is 8. The first kappa shape index (κ1) is 23.0. The van der Waals surface area contributed by atoms with Crippen LogP contribution in [0.1, 0.15) is 65.5 Å². The Bertz CT molecular complexity index is 1000. The molecule has 0 fully saturated rings. The summed E-state index contributed by atoms with van der Waals surface area (Å²) >= 11 is 2.38. The van der Waals surface area contributed by atoms with E-state index in [1.165, 1.54) is 28.8 Å². The standard InChI is InChI=1S/C21H24N2O6S2/c1-4-28-21(27)16-11(2)17(18(25)22-3)31-19(16)23-15(24)10-29-20(26)14-9-12-7-5-6-8-13(12)30-14/h9H,4-8,10H2,1-3H3,(H,22,25)(H,23,24). The average molecular weight is 465 g/mol. The van der Waals surface area contributed by atoms with Gasteiger partial charge >= 0.3 is 11.9 Å². The highest BCUT2D eigenvalue weighted by molar-refractivity contribution is 7.18. The number of ether oxygens (including phenoxy) is 2. The molecule has 0 saturated heterocycles. The molecule has 0 radical (unpaired) electrons. The fraction of sp³-hybridized carbons (Fsp3) is 0.429. The minimum absolute atomic E-state index is 0.121. The summed E-state index contributed by atoms with van der Waals surface area (Å²) in [7, 11) is 1.48. The molecule has 2 amide bonds. The van der Waals surface area contributed by atoms with E-state index in [-0.39, 0.29) is 23.1 Å². The van der Waals surface area contributed by atoms with Crippen molar-refractivity contribution in [3.05, 3.63) is 37.4 Å². The molecule has 8 nitrogen and oxygen atoms in total. The van der Waals surface area contributed by atoms with Gasteiger partial charge in [0.15, 0.2) is 6.61 Å². The molecule has 0 saturated carbocycles. The lowest BCUT2D eigenvalue weighted by Crippen LogP contribution is -2.21. The predicted octanol–water partition coefficient (Wildman–Crippen LogP) is 3.33. The van der Waals surface area contributed by atoms with E-state index in [4.69, 9.17) is 9.47 Å². The molecule has 10 heteroatoms. The van der Waals surface area contributed by atoms with Gasteiger partial charge in [0.05, 0.1) is 17.0 Å². The van der Waals surface area contributed by atoms with Crippen molar-refractivity contribution >= 4 is 51.4 Å². The zero-order chi connectivity index (χ0) is 22.5. The lowest BCUT2D eigenvalue weighted by molar-refractivity contribution is -0.119. The lowest BCUT2D eigenvalue weighted by Gasteiger charge is -2.08. The van der Waals surface area contributed by atoms with Crippen molar-refractivity contribution in [3.8, 4) is 0 Å². The van der Waals surface area contributed by atoms with E-state index in [0.717, 1.165) is 37.0 Å². The van der Waals surface area contributed by atoms with Crippen LogP contribution in [-0.2, 0) is 27.1 Å². The summed E-state index contributed by atoms with van der Waals surface area (Å²) in [6, 6.07) is 1.84. The minimum Gasteiger partial charge on any atom is -0.462 e. The molecule has 2 heterocycles. The summed E-state index contributed by atoms with van der Waals surface area (Å²) in [6.45, 7) is 2.93. The molecule has 31 heavy (non-hydrogen) atoms. The van der Waals surface area contributed by atoms with Crippen LogP contribution in [-0.4, -0.2) is 44.0 Å². The van der Waals surface area contributed by atoms with Gasteiger partial charge in [0.25, 0.3) is 11.8 Å². The van der Waals surface area contributed by atoms with Crippen molar-refractivity contribution < 1.29 is 28.7 Å². The summed E-state index contributed by atoms with van der Waals surface area (Å²) in [6.07, 6.45) is 4.16. The number of carbonyl (C=O) groups excluding carboxylic acids is 4. The Morgan fingerprint density at radius 2 is 1.81 bits per heavy atom. The SMILES string of the molecule is CCOC(=O)c1c(NC(=O)COC(=O)c2cc3c(s2)CCCC3)sc(C(=O)NC)c1C. The van der Waals surface area contributed by atoms with Gasteiger partial charge in [-0.3, -0.25) is 9.59 Å². The number of fused-ring (bicyclic) bond motifs is 1. The molecular weight excluding hydrogens is 440 g/mol. The molecule has 1 aliphatic carbocycles. The van der Waals surface area contributed by atoms with Gasteiger partial charge in [-0.1, -0.05) is 0 Å². The fourth-order valence-electron chi connectivity index (χ4n) is 3.34. The van der Waals surface area contributed by atoms with E-state index < -0.39 is 24.5 Å². The number of aryl methyl sites for hydroxylation is 2. The van der Waals surface area contributed by atoms with Crippen molar-refractivity contribution in [1.29, 1.82) is 0 Å². The number of esters is 2. The predicted molar refractivity (Wildman–Crippen MR) is 118 cm³/mol. The topological polar surface area (TPSA) is 111 Å². The third kappa shape index (κ3) is 5.13. The maximum Gasteiger partial charge on any atom is 0.348 e. The van der Waals surface area contributed by atoms with E-state index >= 15 is 0 Å². The Morgan fingerprint density at radius 1 is 1.06 bits per heavy atom. The first-order valence-electron chi connectivity index (χ1n) is 9.96. The number of hydrogen-bond donors (Lipinski definition) is 2. The molecular formula is C21H24N2O6S2. The molecule has 0 aliphatic heterocycles. The molecule has 0 unspecified atom stereocenters. The largest absolute Gasteiger partial charge is 0.462 e. The molecule has 2 N–H and O–H groups in total. The first-order chi connectivity index (χ1) is 14.8. The number of amides is 2.